The van der Waals surface area contributed by atoms with Crippen LogP contribution < -0.4 is 5.32 Å². The van der Waals surface area contributed by atoms with Crippen LogP contribution in [0.25, 0.3) is 0 Å². The molecule has 0 saturated carbocycles. The first kappa shape index (κ1) is 13.3. The number of hydrogen-bond acceptors (Lipinski definition) is 4. The Bertz CT molecular complexity index is 592. The molecule has 1 aliphatic heterocycles. The fourth-order valence-corrected chi connectivity index (χ4v) is 3.11. The summed E-state index contributed by atoms with van der Waals surface area (Å²) in [6.45, 7) is 1.17. The van der Waals surface area contributed by atoms with Crippen LogP contribution in [0.2, 0.25) is 0 Å². The zero-order chi connectivity index (χ0) is 13.9. The summed E-state index contributed by atoms with van der Waals surface area (Å²) >= 11 is 1.60. The summed E-state index contributed by atoms with van der Waals surface area (Å²) in [6, 6.07) is 3.93. The summed E-state index contributed by atoms with van der Waals surface area (Å²) in [5.41, 5.74) is 2.17. The Hall–Kier alpha value is -1.66. The SMILES string of the molecule is Cn1cc2c(n1)C(CNC(=O)Cc1cccs1)OCC2. The largest absolute Gasteiger partial charge is 0.370 e. The van der Waals surface area contributed by atoms with Crippen molar-refractivity contribution in [2.45, 2.75) is 18.9 Å². The minimum absolute atomic E-state index is 0.0269. The molecular weight excluding hydrogens is 274 g/mol. The van der Waals surface area contributed by atoms with Gasteiger partial charge in [-0.25, -0.2) is 0 Å². The number of aromatic nitrogens is 2. The molecule has 0 aliphatic carbocycles. The van der Waals surface area contributed by atoms with Crippen LogP contribution in [0.3, 0.4) is 0 Å². The van der Waals surface area contributed by atoms with Crippen LogP contribution in [0, 0.1) is 0 Å². The lowest BCUT2D eigenvalue weighted by Crippen LogP contribution is -2.32. The molecule has 0 saturated heterocycles. The van der Waals surface area contributed by atoms with Crippen LogP contribution >= 0.6 is 11.3 Å². The number of hydrogen-bond donors (Lipinski definition) is 1. The maximum Gasteiger partial charge on any atom is 0.225 e. The Labute approximate surface area is 121 Å². The average molecular weight is 291 g/mol. The lowest BCUT2D eigenvalue weighted by molar-refractivity contribution is -0.121. The van der Waals surface area contributed by atoms with E-state index in [-0.39, 0.29) is 12.0 Å². The van der Waals surface area contributed by atoms with Crippen LogP contribution in [0.5, 0.6) is 0 Å². The Morgan fingerprint density at radius 2 is 2.55 bits per heavy atom. The van der Waals surface area contributed by atoms with Crippen molar-refractivity contribution in [1.29, 1.82) is 0 Å². The third kappa shape index (κ3) is 2.91. The van der Waals surface area contributed by atoms with Gasteiger partial charge in [0.2, 0.25) is 5.91 Å². The van der Waals surface area contributed by atoms with E-state index >= 15 is 0 Å². The zero-order valence-electron chi connectivity index (χ0n) is 11.3. The highest BCUT2D eigenvalue weighted by Crippen LogP contribution is 2.24. The molecule has 5 nitrogen and oxygen atoms in total. The van der Waals surface area contributed by atoms with Gasteiger partial charge in [-0.05, 0) is 23.4 Å². The highest BCUT2D eigenvalue weighted by molar-refractivity contribution is 7.10. The first-order valence-corrected chi connectivity index (χ1v) is 7.53. The second-order valence-electron chi connectivity index (χ2n) is 4.88. The fraction of sp³-hybridized carbons (Fsp3) is 0.429. The van der Waals surface area contributed by atoms with E-state index in [0.29, 0.717) is 19.6 Å². The number of carbonyl (C=O) groups excluding carboxylic acids is 1. The van der Waals surface area contributed by atoms with Gasteiger partial charge in [0.1, 0.15) is 6.10 Å². The van der Waals surface area contributed by atoms with Crippen LogP contribution in [0.15, 0.2) is 23.7 Å². The summed E-state index contributed by atoms with van der Waals surface area (Å²) in [5, 5.41) is 9.34. The first-order valence-electron chi connectivity index (χ1n) is 6.65. The summed E-state index contributed by atoms with van der Waals surface area (Å²) in [4.78, 5) is 13.0. The van der Waals surface area contributed by atoms with Gasteiger partial charge >= 0.3 is 0 Å². The van der Waals surface area contributed by atoms with Crippen molar-refractivity contribution < 1.29 is 9.53 Å². The van der Waals surface area contributed by atoms with E-state index in [9.17, 15) is 4.79 Å². The van der Waals surface area contributed by atoms with Gasteiger partial charge in [0.15, 0.2) is 0 Å². The zero-order valence-corrected chi connectivity index (χ0v) is 12.2. The van der Waals surface area contributed by atoms with E-state index in [2.05, 4.69) is 10.4 Å². The molecule has 1 N–H and O–H groups in total. The molecule has 20 heavy (non-hydrogen) atoms. The third-order valence-electron chi connectivity index (χ3n) is 3.33. The van der Waals surface area contributed by atoms with Crippen LogP contribution in [-0.4, -0.2) is 28.8 Å². The molecule has 2 aromatic heterocycles. The Morgan fingerprint density at radius 1 is 1.65 bits per heavy atom. The van der Waals surface area contributed by atoms with Gasteiger partial charge in [-0.1, -0.05) is 6.07 Å². The maximum atomic E-state index is 11.9. The molecule has 1 aliphatic rings. The molecule has 3 heterocycles. The maximum absolute atomic E-state index is 11.9. The number of carbonyl (C=O) groups is 1. The standard InChI is InChI=1S/C14H17N3O2S/c1-17-9-10-4-5-19-12(14(10)16-17)8-15-13(18)7-11-3-2-6-20-11/h2-3,6,9,12H,4-5,7-8H2,1H3,(H,15,18). The normalized spacial score (nSPS) is 17.8. The summed E-state index contributed by atoms with van der Waals surface area (Å²) in [5.74, 6) is 0.0269. The average Bonchev–Trinajstić information content (AvgIpc) is 3.04. The molecule has 1 amide bonds. The Balaban J connectivity index is 1.57. The minimum Gasteiger partial charge on any atom is -0.370 e. The van der Waals surface area contributed by atoms with Gasteiger partial charge < -0.3 is 10.1 Å². The Morgan fingerprint density at radius 3 is 3.35 bits per heavy atom. The molecule has 0 radical (unpaired) electrons. The molecule has 0 aromatic carbocycles. The monoisotopic (exact) mass is 291 g/mol. The van der Waals surface area contributed by atoms with E-state index in [0.717, 1.165) is 17.0 Å². The van der Waals surface area contributed by atoms with Crippen molar-refractivity contribution in [2.24, 2.45) is 7.05 Å². The molecular formula is C14H17N3O2S. The predicted molar refractivity (Wildman–Crippen MR) is 76.6 cm³/mol. The molecule has 0 spiro atoms. The van der Waals surface area contributed by atoms with Crippen molar-refractivity contribution in [3.8, 4) is 0 Å². The van der Waals surface area contributed by atoms with Gasteiger partial charge in [0.25, 0.3) is 0 Å². The van der Waals surface area contributed by atoms with E-state index in [1.165, 1.54) is 5.56 Å². The van der Waals surface area contributed by atoms with Crippen LogP contribution in [-0.2, 0) is 29.4 Å². The molecule has 1 atom stereocenters. The fourth-order valence-electron chi connectivity index (χ4n) is 2.40. The lowest BCUT2D eigenvalue weighted by Gasteiger charge is -2.22. The van der Waals surface area contributed by atoms with Crippen LogP contribution in [0.1, 0.15) is 22.2 Å². The molecule has 6 heteroatoms. The van der Waals surface area contributed by atoms with Gasteiger partial charge in [0.05, 0.1) is 18.7 Å². The molecule has 0 fully saturated rings. The number of rotatable bonds is 4. The second-order valence-corrected chi connectivity index (χ2v) is 5.92. The van der Waals surface area contributed by atoms with E-state index in [1.807, 2.05) is 30.8 Å². The van der Waals surface area contributed by atoms with Crippen molar-refractivity contribution in [2.75, 3.05) is 13.2 Å². The third-order valence-corrected chi connectivity index (χ3v) is 4.21. The van der Waals surface area contributed by atoms with Crippen molar-refractivity contribution in [1.82, 2.24) is 15.1 Å². The highest BCUT2D eigenvalue weighted by atomic mass is 32.1. The van der Waals surface area contributed by atoms with Crippen molar-refractivity contribution in [3.05, 3.63) is 39.8 Å². The van der Waals surface area contributed by atoms with Gasteiger partial charge in [-0.2, -0.15) is 5.10 Å². The second kappa shape index (κ2) is 5.76. The number of nitrogens with one attached hydrogen (secondary N) is 1. The number of fused-ring (bicyclic) bond motifs is 1. The number of nitrogens with zero attached hydrogens (tertiary/aromatic N) is 2. The first-order chi connectivity index (χ1) is 9.72. The quantitative estimate of drug-likeness (QED) is 0.927. The van der Waals surface area contributed by atoms with Gasteiger partial charge in [-0.15, -0.1) is 11.3 Å². The van der Waals surface area contributed by atoms with Crippen molar-refractivity contribution >= 4 is 17.2 Å². The van der Waals surface area contributed by atoms with Gasteiger partial charge in [0, 0.05) is 24.7 Å². The van der Waals surface area contributed by atoms with E-state index in [4.69, 9.17) is 4.74 Å². The number of amides is 1. The van der Waals surface area contributed by atoms with E-state index in [1.54, 1.807) is 16.0 Å². The van der Waals surface area contributed by atoms with Crippen molar-refractivity contribution in [3.63, 3.8) is 0 Å². The smallest absolute Gasteiger partial charge is 0.225 e. The minimum atomic E-state index is -0.132. The molecule has 106 valence electrons. The summed E-state index contributed by atoms with van der Waals surface area (Å²) < 4.78 is 7.52. The summed E-state index contributed by atoms with van der Waals surface area (Å²) in [6.07, 6.45) is 3.22. The summed E-state index contributed by atoms with van der Waals surface area (Å²) in [7, 11) is 1.91. The molecule has 1 unspecified atom stereocenters. The topological polar surface area (TPSA) is 56.2 Å². The van der Waals surface area contributed by atoms with Gasteiger partial charge in [-0.3, -0.25) is 9.48 Å². The predicted octanol–water partition coefficient (Wildman–Crippen LogP) is 1.45. The number of ether oxygens (including phenoxy) is 1. The van der Waals surface area contributed by atoms with E-state index < -0.39 is 0 Å². The lowest BCUT2D eigenvalue weighted by atomic mass is 10.1. The Kier molecular flexibility index (Phi) is 3.84. The number of thiophene rings is 1. The number of aryl methyl sites for hydroxylation is 1. The highest BCUT2D eigenvalue weighted by Gasteiger charge is 2.24. The van der Waals surface area contributed by atoms with Crippen LogP contribution in [0.4, 0.5) is 0 Å². The molecule has 3 rings (SSSR count). The molecule has 2 aromatic rings. The molecule has 0 bridgehead atoms.